The Morgan fingerprint density at radius 2 is 2.24 bits per heavy atom. The summed E-state index contributed by atoms with van der Waals surface area (Å²) in [6, 6.07) is 5.03. The number of aliphatic imine (C=N–C) groups is 1. The average Bonchev–Trinajstić information content (AvgIpc) is 2.48. The van der Waals surface area contributed by atoms with E-state index in [9.17, 15) is 8.78 Å². The lowest BCUT2D eigenvalue weighted by Crippen LogP contribution is -2.41. The molecular weight excluding hydrogens is 280 g/mol. The molecule has 1 aliphatic heterocycles. The number of rotatable bonds is 6. The van der Waals surface area contributed by atoms with Gasteiger partial charge in [-0.2, -0.15) is 8.78 Å². The topological polar surface area (TPSA) is 54.9 Å². The van der Waals surface area contributed by atoms with Crippen LogP contribution in [0.5, 0.6) is 11.5 Å². The Balaban J connectivity index is 1.91. The van der Waals surface area contributed by atoms with Crippen LogP contribution in [0.1, 0.15) is 12.0 Å². The molecule has 0 atom stereocenters. The molecule has 0 bridgehead atoms. The highest BCUT2D eigenvalue weighted by Gasteiger charge is 2.11. The van der Waals surface area contributed by atoms with E-state index in [1.165, 1.54) is 7.11 Å². The van der Waals surface area contributed by atoms with E-state index < -0.39 is 6.61 Å². The van der Waals surface area contributed by atoms with Crippen LogP contribution in [0, 0.1) is 0 Å². The number of benzene rings is 1. The van der Waals surface area contributed by atoms with Crippen LogP contribution in [0.3, 0.4) is 0 Å². The molecule has 0 aliphatic carbocycles. The van der Waals surface area contributed by atoms with Crippen LogP contribution in [-0.4, -0.2) is 39.3 Å². The molecule has 0 aromatic heterocycles. The van der Waals surface area contributed by atoms with Crippen molar-refractivity contribution in [2.45, 2.75) is 19.5 Å². The van der Waals surface area contributed by atoms with Crippen molar-refractivity contribution in [1.29, 1.82) is 0 Å². The van der Waals surface area contributed by atoms with Gasteiger partial charge in [0.1, 0.15) is 0 Å². The van der Waals surface area contributed by atoms with E-state index >= 15 is 0 Å². The summed E-state index contributed by atoms with van der Waals surface area (Å²) in [5.41, 5.74) is 0.885. The fraction of sp³-hybridized carbons (Fsp3) is 0.500. The highest BCUT2D eigenvalue weighted by atomic mass is 19.3. The van der Waals surface area contributed by atoms with Crippen molar-refractivity contribution in [1.82, 2.24) is 10.6 Å². The van der Waals surface area contributed by atoms with E-state index in [0.717, 1.165) is 31.0 Å². The van der Waals surface area contributed by atoms with E-state index in [4.69, 9.17) is 4.74 Å². The molecule has 0 saturated carbocycles. The number of guanidine groups is 1. The molecule has 0 unspecified atom stereocenters. The van der Waals surface area contributed by atoms with Gasteiger partial charge in [0.05, 0.1) is 7.11 Å². The summed E-state index contributed by atoms with van der Waals surface area (Å²) in [6.45, 7) is -0.467. The minimum absolute atomic E-state index is 0.0538. The van der Waals surface area contributed by atoms with Crippen molar-refractivity contribution >= 4 is 5.96 Å². The molecular formula is C14H19F2N3O2. The lowest BCUT2D eigenvalue weighted by molar-refractivity contribution is -0.0512. The van der Waals surface area contributed by atoms with Crippen molar-refractivity contribution in [3.8, 4) is 11.5 Å². The molecule has 0 radical (unpaired) electrons. The summed E-state index contributed by atoms with van der Waals surface area (Å²) in [4.78, 5) is 4.30. The molecule has 0 spiro atoms. The second-order valence-electron chi connectivity index (χ2n) is 4.55. The average molecular weight is 299 g/mol. The van der Waals surface area contributed by atoms with Crippen LogP contribution in [0.2, 0.25) is 0 Å². The molecule has 2 N–H and O–H groups in total. The molecule has 0 amide bonds. The molecule has 0 fully saturated rings. The fourth-order valence-electron chi connectivity index (χ4n) is 2.04. The zero-order valence-corrected chi connectivity index (χ0v) is 11.9. The van der Waals surface area contributed by atoms with Gasteiger partial charge in [-0.3, -0.25) is 4.99 Å². The van der Waals surface area contributed by atoms with Crippen molar-refractivity contribution < 1.29 is 18.3 Å². The Morgan fingerprint density at radius 3 is 2.90 bits per heavy atom. The Labute approximate surface area is 122 Å². The molecule has 0 saturated heterocycles. The standard InChI is InChI=1S/C14H19F2N3O2/c1-20-11-4-3-10(9-12(11)21-13(15)16)5-8-19-14-17-6-2-7-18-14/h3-4,9,13H,2,5-8H2,1H3,(H2,17,18,19). The predicted molar refractivity (Wildman–Crippen MR) is 76.3 cm³/mol. The lowest BCUT2D eigenvalue weighted by Gasteiger charge is -2.16. The third kappa shape index (κ3) is 4.77. The van der Waals surface area contributed by atoms with Gasteiger partial charge < -0.3 is 20.1 Å². The molecule has 5 nitrogen and oxygen atoms in total. The molecule has 1 aromatic rings. The highest BCUT2D eigenvalue weighted by molar-refractivity contribution is 5.80. The van der Waals surface area contributed by atoms with Crippen LogP contribution in [-0.2, 0) is 6.42 Å². The predicted octanol–water partition coefficient (Wildman–Crippen LogP) is 1.78. The monoisotopic (exact) mass is 299 g/mol. The Kier molecular flexibility index (Phi) is 5.59. The summed E-state index contributed by atoms with van der Waals surface area (Å²) in [5, 5.41) is 6.33. The second-order valence-corrected chi connectivity index (χ2v) is 4.55. The first-order chi connectivity index (χ1) is 10.2. The Hall–Kier alpha value is -2.05. The van der Waals surface area contributed by atoms with E-state index in [1.54, 1.807) is 12.1 Å². The maximum Gasteiger partial charge on any atom is 0.387 e. The number of hydrogen-bond donors (Lipinski definition) is 2. The first kappa shape index (κ1) is 15.3. The third-order valence-corrected chi connectivity index (χ3v) is 3.05. The van der Waals surface area contributed by atoms with Gasteiger partial charge in [-0.05, 0) is 30.5 Å². The zero-order valence-electron chi connectivity index (χ0n) is 11.9. The Morgan fingerprint density at radius 1 is 1.38 bits per heavy atom. The van der Waals surface area contributed by atoms with Gasteiger partial charge in [-0.15, -0.1) is 0 Å². The maximum atomic E-state index is 12.3. The second kappa shape index (κ2) is 7.66. The van der Waals surface area contributed by atoms with Gasteiger partial charge >= 0.3 is 6.61 Å². The van der Waals surface area contributed by atoms with E-state index in [1.807, 2.05) is 6.07 Å². The van der Waals surface area contributed by atoms with Crippen molar-refractivity contribution in [3.63, 3.8) is 0 Å². The quantitative estimate of drug-likeness (QED) is 0.841. The number of alkyl halides is 2. The molecule has 7 heteroatoms. The first-order valence-electron chi connectivity index (χ1n) is 6.83. The minimum Gasteiger partial charge on any atom is -0.493 e. The summed E-state index contributed by atoms with van der Waals surface area (Å²) >= 11 is 0. The first-order valence-corrected chi connectivity index (χ1v) is 6.83. The van der Waals surface area contributed by atoms with Crippen LogP contribution in [0.4, 0.5) is 8.78 Å². The minimum atomic E-state index is -2.87. The summed E-state index contributed by atoms with van der Waals surface area (Å²) in [7, 11) is 1.42. The molecule has 116 valence electrons. The summed E-state index contributed by atoms with van der Waals surface area (Å²) in [5.74, 6) is 1.14. The van der Waals surface area contributed by atoms with Gasteiger partial charge in [0.25, 0.3) is 0 Å². The maximum absolute atomic E-state index is 12.3. The number of hydrogen-bond acceptors (Lipinski definition) is 5. The van der Waals surface area contributed by atoms with Crippen molar-refractivity contribution in [2.24, 2.45) is 4.99 Å². The normalized spacial score (nSPS) is 14.4. The number of nitrogens with one attached hydrogen (secondary N) is 2. The van der Waals surface area contributed by atoms with Crippen LogP contribution in [0.25, 0.3) is 0 Å². The van der Waals surface area contributed by atoms with Gasteiger partial charge in [0.15, 0.2) is 17.5 Å². The van der Waals surface area contributed by atoms with E-state index in [-0.39, 0.29) is 5.75 Å². The summed E-state index contributed by atoms with van der Waals surface area (Å²) in [6.07, 6.45) is 1.71. The molecule has 1 aliphatic rings. The van der Waals surface area contributed by atoms with Crippen LogP contribution in [0.15, 0.2) is 23.2 Å². The third-order valence-electron chi connectivity index (χ3n) is 3.05. The summed E-state index contributed by atoms with van der Waals surface area (Å²) < 4.78 is 34.2. The molecule has 21 heavy (non-hydrogen) atoms. The van der Waals surface area contributed by atoms with E-state index in [2.05, 4.69) is 20.4 Å². The largest absolute Gasteiger partial charge is 0.493 e. The number of halogens is 2. The Bertz CT molecular complexity index is 495. The molecule has 2 rings (SSSR count). The SMILES string of the molecule is COc1ccc(CCNC2=NCCCN2)cc1OC(F)F. The van der Waals surface area contributed by atoms with Gasteiger partial charge in [-0.25, -0.2) is 0 Å². The van der Waals surface area contributed by atoms with Crippen LogP contribution < -0.4 is 20.1 Å². The van der Waals surface area contributed by atoms with Gasteiger partial charge in [0.2, 0.25) is 0 Å². The highest BCUT2D eigenvalue weighted by Crippen LogP contribution is 2.29. The smallest absolute Gasteiger partial charge is 0.387 e. The van der Waals surface area contributed by atoms with Crippen LogP contribution >= 0.6 is 0 Å². The molecule has 1 heterocycles. The number of methoxy groups -OCH3 is 1. The van der Waals surface area contributed by atoms with Gasteiger partial charge in [-0.1, -0.05) is 6.07 Å². The van der Waals surface area contributed by atoms with E-state index in [0.29, 0.717) is 18.7 Å². The number of ether oxygens (including phenoxy) is 2. The molecule has 1 aromatic carbocycles. The zero-order chi connectivity index (χ0) is 15.1. The lowest BCUT2D eigenvalue weighted by atomic mass is 10.1. The number of nitrogens with zero attached hydrogens (tertiary/aromatic N) is 1. The fourth-order valence-corrected chi connectivity index (χ4v) is 2.04. The van der Waals surface area contributed by atoms with Gasteiger partial charge in [0, 0.05) is 19.6 Å². The van der Waals surface area contributed by atoms with Crippen molar-refractivity contribution in [2.75, 3.05) is 26.7 Å². The van der Waals surface area contributed by atoms with Crippen molar-refractivity contribution in [3.05, 3.63) is 23.8 Å².